The van der Waals surface area contributed by atoms with Crippen LogP contribution in [-0.2, 0) is 0 Å². The Morgan fingerprint density at radius 2 is 2.20 bits per heavy atom. The Morgan fingerprint density at radius 3 is 2.80 bits per heavy atom. The van der Waals surface area contributed by atoms with Crippen LogP contribution in [0.5, 0.6) is 5.75 Å². The van der Waals surface area contributed by atoms with Crippen molar-refractivity contribution in [1.82, 2.24) is 0 Å². The van der Waals surface area contributed by atoms with Gasteiger partial charge in [-0.15, -0.1) is 6.58 Å². The first-order valence-electron chi connectivity index (χ1n) is 4.46. The Labute approximate surface area is 95.9 Å². The first kappa shape index (κ1) is 12.2. The molecular formula is C11H11BrF2O. The van der Waals surface area contributed by atoms with Gasteiger partial charge < -0.3 is 4.74 Å². The molecule has 1 nitrogen and oxygen atoms in total. The zero-order valence-electron chi connectivity index (χ0n) is 8.27. The maximum atomic E-state index is 13.1. The number of ether oxygens (including phenoxy) is 1. The second kappa shape index (κ2) is 5.26. The van der Waals surface area contributed by atoms with Gasteiger partial charge in [-0.05, 0) is 22.9 Å². The molecule has 0 unspecified atom stereocenters. The van der Waals surface area contributed by atoms with Crippen molar-refractivity contribution >= 4 is 15.9 Å². The van der Waals surface area contributed by atoms with E-state index in [-0.39, 0.29) is 16.3 Å². The van der Waals surface area contributed by atoms with E-state index in [1.165, 1.54) is 0 Å². The molecule has 1 aromatic carbocycles. The standard InChI is InChI=1S/C11H11BrF2O/c1-3-4-7(2)15-10-6-8(13)5-9(14)11(10)12/h3,5-7H,1,4H2,2H3/t7-/m0/s1. The van der Waals surface area contributed by atoms with Gasteiger partial charge in [0.2, 0.25) is 0 Å². The topological polar surface area (TPSA) is 9.23 Å². The van der Waals surface area contributed by atoms with Crippen LogP contribution in [-0.4, -0.2) is 6.10 Å². The molecule has 0 bridgehead atoms. The molecule has 0 fully saturated rings. The van der Waals surface area contributed by atoms with E-state index >= 15 is 0 Å². The lowest BCUT2D eigenvalue weighted by molar-refractivity contribution is 0.221. The fraction of sp³-hybridized carbons (Fsp3) is 0.273. The predicted octanol–water partition coefficient (Wildman–Crippen LogP) is 4.07. The molecule has 4 heteroatoms. The van der Waals surface area contributed by atoms with Crippen molar-refractivity contribution in [2.24, 2.45) is 0 Å². The molecule has 0 radical (unpaired) electrons. The average molecular weight is 277 g/mol. The summed E-state index contributed by atoms with van der Waals surface area (Å²) < 4.78 is 31.5. The highest BCUT2D eigenvalue weighted by Gasteiger charge is 2.12. The largest absolute Gasteiger partial charge is 0.489 e. The Bertz CT molecular complexity index is 366. The zero-order valence-corrected chi connectivity index (χ0v) is 9.85. The minimum atomic E-state index is -0.671. The maximum Gasteiger partial charge on any atom is 0.144 e. The van der Waals surface area contributed by atoms with Gasteiger partial charge in [0.15, 0.2) is 0 Å². The van der Waals surface area contributed by atoms with Crippen molar-refractivity contribution in [2.75, 3.05) is 0 Å². The smallest absolute Gasteiger partial charge is 0.144 e. The van der Waals surface area contributed by atoms with E-state index in [0.29, 0.717) is 6.42 Å². The van der Waals surface area contributed by atoms with Crippen LogP contribution in [0.1, 0.15) is 13.3 Å². The fourth-order valence-electron chi connectivity index (χ4n) is 1.12. The lowest BCUT2D eigenvalue weighted by Crippen LogP contribution is -2.11. The van der Waals surface area contributed by atoms with Crippen molar-refractivity contribution in [3.63, 3.8) is 0 Å². The summed E-state index contributed by atoms with van der Waals surface area (Å²) in [7, 11) is 0. The Hall–Kier alpha value is -0.900. The van der Waals surface area contributed by atoms with Gasteiger partial charge in [-0.3, -0.25) is 0 Å². The van der Waals surface area contributed by atoms with Gasteiger partial charge in [-0.2, -0.15) is 0 Å². The molecule has 1 atom stereocenters. The summed E-state index contributed by atoms with van der Waals surface area (Å²) in [5.74, 6) is -1.16. The van der Waals surface area contributed by atoms with E-state index < -0.39 is 11.6 Å². The Kier molecular flexibility index (Phi) is 4.27. The van der Waals surface area contributed by atoms with Crippen molar-refractivity contribution in [2.45, 2.75) is 19.4 Å². The Morgan fingerprint density at radius 1 is 1.53 bits per heavy atom. The highest BCUT2D eigenvalue weighted by atomic mass is 79.9. The highest BCUT2D eigenvalue weighted by Crippen LogP contribution is 2.30. The molecule has 1 aromatic rings. The van der Waals surface area contributed by atoms with Crippen LogP contribution in [0.25, 0.3) is 0 Å². The molecule has 0 saturated heterocycles. The number of halogens is 3. The molecular weight excluding hydrogens is 266 g/mol. The van der Waals surface area contributed by atoms with E-state index in [4.69, 9.17) is 4.74 Å². The molecule has 15 heavy (non-hydrogen) atoms. The molecule has 0 N–H and O–H groups in total. The molecule has 0 aliphatic rings. The molecule has 1 rings (SSSR count). The number of benzene rings is 1. The van der Waals surface area contributed by atoms with Crippen LogP contribution in [0.4, 0.5) is 8.78 Å². The summed E-state index contributed by atoms with van der Waals surface area (Å²) in [4.78, 5) is 0. The third-order valence-corrected chi connectivity index (χ3v) is 2.56. The van der Waals surface area contributed by atoms with E-state index in [1.807, 2.05) is 0 Å². The van der Waals surface area contributed by atoms with Crippen LogP contribution in [0.3, 0.4) is 0 Å². The first-order valence-corrected chi connectivity index (χ1v) is 5.26. The van der Waals surface area contributed by atoms with E-state index in [1.54, 1.807) is 13.0 Å². The molecule has 82 valence electrons. The van der Waals surface area contributed by atoms with Gasteiger partial charge in [0.1, 0.15) is 17.4 Å². The molecule has 0 spiro atoms. The highest BCUT2D eigenvalue weighted by molar-refractivity contribution is 9.10. The molecule has 0 saturated carbocycles. The summed E-state index contributed by atoms with van der Waals surface area (Å²) in [6.45, 7) is 5.36. The van der Waals surface area contributed by atoms with Crippen LogP contribution in [0, 0.1) is 11.6 Å². The summed E-state index contributed by atoms with van der Waals surface area (Å²) in [6.07, 6.45) is 2.14. The number of rotatable bonds is 4. The van der Waals surface area contributed by atoms with Gasteiger partial charge in [-0.25, -0.2) is 8.78 Å². The average Bonchev–Trinajstić information content (AvgIpc) is 2.13. The predicted molar refractivity (Wildman–Crippen MR) is 59.0 cm³/mol. The van der Waals surface area contributed by atoms with Gasteiger partial charge >= 0.3 is 0 Å². The first-order chi connectivity index (χ1) is 7.04. The number of hydrogen-bond donors (Lipinski definition) is 0. The minimum absolute atomic E-state index is 0.139. The summed E-state index contributed by atoms with van der Waals surface area (Å²) in [5, 5.41) is 0. The van der Waals surface area contributed by atoms with Gasteiger partial charge in [0, 0.05) is 18.6 Å². The van der Waals surface area contributed by atoms with Crippen molar-refractivity contribution in [1.29, 1.82) is 0 Å². The van der Waals surface area contributed by atoms with Crippen LogP contribution >= 0.6 is 15.9 Å². The minimum Gasteiger partial charge on any atom is -0.489 e. The lowest BCUT2D eigenvalue weighted by Gasteiger charge is -2.14. The van der Waals surface area contributed by atoms with Gasteiger partial charge in [0.05, 0.1) is 10.6 Å². The van der Waals surface area contributed by atoms with Crippen molar-refractivity contribution in [3.05, 3.63) is 40.9 Å². The van der Waals surface area contributed by atoms with Crippen molar-refractivity contribution in [3.8, 4) is 5.75 Å². The summed E-state index contributed by atoms with van der Waals surface area (Å²) in [5.41, 5.74) is 0. The van der Waals surface area contributed by atoms with Crippen LogP contribution in [0.2, 0.25) is 0 Å². The second-order valence-electron chi connectivity index (χ2n) is 3.15. The summed E-state index contributed by atoms with van der Waals surface area (Å²) >= 11 is 3.00. The molecule has 0 aliphatic heterocycles. The normalized spacial score (nSPS) is 12.3. The monoisotopic (exact) mass is 276 g/mol. The quantitative estimate of drug-likeness (QED) is 0.595. The van der Waals surface area contributed by atoms with E-state index in [0.717, 1.165) is 12.1 Å². The third-order valence-electron chi connectivity index (χ3n) is 1.79. The fourth-order valence-corrected chi connectivity index (χ4v) is 1.44. The SMILES string of the molecule is C=CC[C@H](C)Oc1cc(F)cc(F)c1Br. The van der Waals surface area contributed by atoms with E-state index in [2.05, 4.69) is 22.5 Å². The van der Waals surface area contributed by atoms with Crippen molar-refractivity contribution < 1.29 is 13.5 Å². The maximum absolute atomic E-state index is 13.1. The van der Waals surface area contributed by atoms with E-state index in [9.17, 15) is 8.78 Å². The molecule has 0 heterocycles. The Balaban J connectivity index is 2.89. The van der Waals surface area contributed by atoms with Gasteiger partial charge in [0.25, 0.3) is 0 Å². The summed E-state index contributed by atoms with van der Waals surface area (Å²) in [6, 6.07) is 1.95. The zero-order chi connectivity index (χ0) is 11.4. The third kappa shape index (κ3) is 3.30. The number of hydrogen-bond acceptors (Lipinski definition) is 1. The van der Waals surface area contributed by atoms with Gasteiger partial charge in [-0.1, -0.05) is 6.08 Å². The molecule has 0 amide bonds. The lowest BCUT2D eigenvalue weighted by atomic mass is 10.2. The van der Waals surface area contributed by atoms with Crippen LogP contribution < -0.4 is 4.74 Å². The van der Waals surface area contributed by atoms with Crippen LogP contribution in [0.15, 0.2) is 29.3 Å². The molecule has 0 aromatic heterocycles. The second-order valence-corrected chi connectivity index (χ2v) is 3.95. The molecule has 0 aliphatic carbocycles.